The summed E-state index contributed by atoms with van der Waals surface area (Å²) in [5, 5.41) is 2.92. The first-order valence-electron chi connectivity index (χ1n) is 10.4. The average molecular weight is 353 g/mol. The number of alkyl halides is 1. The van der Waals surface area contributed by atoms with Crippen LogP contribution in [-0.2, 0) is 4.79 Å². The van der Waals surface area contributed by atoms with E-state index >= 15 is 4.39 Å². The maximum absolute atomic E-state index is 15.0. The highest BCUT2D eigenvalue weighted by Crippen LogP contribution is 2.49. The van der Waals surface area contributed by atoms with Crippen LogP contribution >= 0.6 is 0 Å². The standard InChI is InChI=1S/C21H37FN2O/c1-20(2,3)6-9-24-10-7-21(22,8-11-24)15-23-19(25)14-18-13-16-4-5-17(18)12-16/h16-18H,4-15H2,1-3H3,(H,23,25)/t16-,17-,18?/m0/s1. The summed E-state index contributed by atoms with van der Waals surface area (Å²) in [6, 6.07) is 0. The van der Waals surface area contributed by atoms with Gasteiger partial charge in [0.1, 0.15) is 5.67 Å². The van der Waals surface area contributed by atoms with E-state index in [2.05, 4.69) is 31.0 Å². The molecule has 1 unspecified atom stereocenters. The second-order valence-corrected chi connectivity index (χ2v) is 10.2. The Hall–Kier alpha value is -0.640. The number of nitrogens with one attached hydrogen (secondary N) is 1. The molecule has 1 N–H and O–H groups in total. The fraction of sp³-hybridized carbons (Fsp3) is 0.952. The number of halogens is 1. The van der Waals surface area contributed by atoms with Crippen LogP contribution in [0.25, 0.3) is 0 Å². The number of amides is 1. The van der Waals surface area contributed by atoms with Gasteiger partial charge in [-0.2, -0.15) is 0 Å². The number of likely N-dealkylation sites (tertiary alicyclic amines) is 1. The molecule has 4 heteroatoms. The number of rotatable bonds is 6. The van der Waals surface area contributed by atoms with Gasteiger partial charge in [0.25, 0.3) is 0 Å². The van der Waals surface area contributed by atoms with Crippen LogP contribution in [0.2, 0.25) is 0 Å². The molecule has 0 aromatic carbocycles. The molecule has 2 saturated carbocycles. The van der Waals surface area contributed by atoms with Gasteiger partial charge in [-0.15, -0.1) is 0 Å². The van der Waals surface area contributed by atoms with Crippen LogP contribution in [0.5, 0.6) is 0 Å². The van der Waals surface area contributed by atoms with Crippen LogP contribution in [0, 0.1) is 23.2 Å². The molecule has 1 aliphatic heterocycles. The van der Waals surface area contributed by atoms with Crippen molar-refractivity contribution in [3.8, 4) is 0 Å². The predicted molar refractivity (Wildman–Crippen MR) is 100 cm³/mol. The quantitative estimate of drug-likeness (QED) is 0.778. The van der Waals surface area contributed by atoms with Crippen LogP contribution in [0.4, 0.5) is 4.39 Å². The Morgan fingerprint density at radius 3 is 2.48 bits per heavy atom. The smallest absolute Gasteiger partial charge is 0.220 e. The largest absolute Gasteiger partial charge is 0.353 e. The SMILES string of the molecule is CC(C)(C)CCN1CCC(F)(CNC(=O)CC2C[C@H]3CC[C@H]2C3)CC1. The monoisotopic (exact) mass is 352 g/mol. The van der Waals surface area contributed by atoms with Crippen molar-refractivity contribution in [1.82, 2.24) is 10.2 Å². The van der Waals surface area contributed by atoms with Crippen molar-refractivity contribution in [3.05, 3.63) is 0 Å². The van der Waals surface area contributed by atoms with Gasteiger partial charge in [-0.05, 0) is 68.2 Å². The number of hydrogen-bond acceptors (Lipinski definition) is 2. The topological polar surface area (TPSA) is 32.3 Å². The van der Waals surface area contributed by atoms with E-state index in [4.69, 9.17) is 0 Å². The first-order chi connectivity index (χ1) is 11.7. The zero-order valence-corrected chi connectivity index (χ0v) is 16.5. The van der Waals surface area contributed by atoms with Gasteiger partial charge >= 0.3 is 0 Å². The van der Waals surface area contributed by atoms with E-state index in [9.17, 15) is 4.79 Å². The maximum atomic E-state index is 15.0. The lowest BCUT2D eigenvalue weighted by atomic mass is 9.86. The van der Waals surface area contributed by atoms with Crippen LogP contribution < -0.4 is 5.32 Å². The van der Waals surface area contributed by atoms with Gasteiger partial charge in [-0.1, -0.05) is 27.2 Å². The van der Waals surface area contributed by atoms with Gasteiger partial charge < -0.3 is 10.2 Å². The Bertz CT molecular complexity index is 465. The minimum Gasteiger partial charge on any atom is -0.353 e. The van der Waals surface area contributed by atoms with Crippen LogP contribution in [-0.4, -0.2) is 42.7 Å². The summed E-state index contributed by atoms with van der Waals surface area (Å²) in [5.41, 5.74) is -0.875. The van der Waals surface area contributed by atoms with Gasteiger partial charge in [-0.25, -0.2) is 4.39 Å². The molecular weight excluding hydrogens is 315 g/mol. The second kappa shape index (κ2) is 7.54. The van der Waals surface area contributed by atoms with E-state index in [0.717, 1.165) is 37.9 Å². The van der Waals surface area contributed by atoms with Gasteiger partial charge in [0.05, 0.1) is 6.54 Å². The van der Waals surface area contributed by atoms with E-state index in [1.807, 2.05) is 0 Å². The third-order valence-corrected chi connectivity index (χ3v) is 6.86. The molecule has 3 rings (SSSR count). The van der Waals surface area contributed by atoms with Crippen LogP contribution in [0.1, 0.15) is 72.1 Å². The molecule has 2 bridgehead atoms. The van der Waals surface area contributed by atoms with E-state index in [1.165, 1.54) is 25.7 Å². The average Bonchev–Trinajstić information content (AvgIpc) is 3.15. The van der Waals surface area contributed by atoms with Crippen LogP contribution in [0.15, 0.2) is 0 Å². The molecule has 1 heterocycles. The maximum Gasteiger partial charge on any atom is 0.220 e. The minimum absolute atomic E-state index is 0.0738. The molecule has 25 heavy (non-hydrogen) atoms. The Morgan fingerprint density at radius 2 is 1.92 bits per heavy atom. The Balaban J connectivity index is 1.35. The van der Waals surface area contributed by atoms with Crippen molar-refractivity contribution < 1.29 is 9.18 Å². The lowest BCUT2D eigenvalue weighted by Crippen LogP contribution is -2.48. The molecule has 0 aromatic heterocycles. The minimum atomic E-state index is -1.21. The Morgan fingerprint density at radius 1 is 1.20 bits per heavy atom. The third-order valence-electron chi connectivity index (χ3n) is 6.86. The number of fused-ring (bicyclic) bond motifs is 2. The molecule has 3 fully saturated rings. The lowest BCUT2D eigenvalue weighted by Gasteiger charge is -2.37. The number of nitrogens with zero attached hydrogens (tertiary/aromatic N) is 1. The molecule has 0 spiro atoms. The molecule has 3 nitrogen and oxygen atoms in total. The summed E-state index contributed by atoms with van der Waals surface area (Å²) in [6.45, 7) is 9.64. The van der Waals surface area contributed by atoms with Gasteiger partial charge in [0.15, 0.2) is 0 Å². The van der Waals surface area contributed by atoms with Gasteiger partial charge in [0, 0.05) is 19.5 Å². The second-order valence-electron chi connectivity index (χ2n) is 10.2. The summed E-state index contributed by atoms with van der Waals surface area (Å²) in [6.07, 6.45) is 8.08. The molecule has 144 valence electrons. The first-order valence-corrected chi connectivity index (χ1v) is 10.4. The van der Waals surface area contributed by atoms with Crippen molar-refractivity contribution >= 4 is 5.91 Å². The van der Waals surface area contributed by atoms with Crippen molar-refractivity contribution in [3.63, 3.8) is 0 Å². The zero-order chi connectivity index (χ0) is 18.1. The zero-order valence-electron chi connectivity index (χ0n) is 16.5. The molecule has 3 atom stereocenters. The summed E-state index contributed by atoms with van der Waals surface area (Å²) in [7, 11) is 0. The van der Waals surface area contributed by atoms with Crippen molar-refractivity contribution in [2.24, 2.45) is 23.2 Å². The number of carbonyl (C=O) groups is 1. The molecule has 0 aromatic rings. The molecule has 1 saturated heterocycles. The molecule has 2 aliphatic carbocycles. The van der Waals surface area contributed by atoms with E-state index in [0.29, 0.717) is 30.6 Å². The third kappa shape index (κ3) is 5.42. The summed E-state index contributed by atoms with van der Waals surface area (Å²) >= 11 is 0. The number of piperidine rings is 1. The van der Waals surface area contributed by atoms with E-state index in [-0.39, 0.29) is 12.5 Å². The Labute approximate surface area is 153 Å². The molecule has 1 amide bonds. The fourth-order valence-corrected chi connectivity index (χ4v) is 5.04. The molecular formula is C21H37FN2O. The summed E-state index contributed by atoms with van der Waals surface area (Å²) in [4.78, 5) is 14.6. The highest BCUT2D eigenvalue weighted by atomic mass is 19.1. The van der Waals surface area contributed by atoms with Crippen LogP contribution in [0.3, 0.4) is 0 Å². The van der Waals surface area contributed by atoms with Gasteiger partial charge in [0.2, 0.25) is 5.91 Å². The highest BCUT2D eigenvalue weighted by Gasteiger charge is 2.40. The molecule has 3 aliphatic rings. The lowest BCUT2D eigenvalue weighted by molar-refractivity contribution is -0.123. The van der Waals surface area contributed by atoms with E-state index in [1.54, 1.807) is 0 Å². The summed E-state index contributed by atoms with van der Waals surface area (Å²) < 4.78 is 15.0. The first kappa shape index (κ1) is 19.1. The number of hydrogen-bond donors (Lipinski definition) is 1. The number of carbonyl (C=O) groups excluding carboxylic acids is 1. The Kier molecular flexibility index (Phi) is 5.77. The van der Waals surface area contributed by atoms with Gasteiger partial charge in [-0.3, -0.25) is 4.79 Å². The van der Waals surface area contributed by atoms with Crippen molar-refractivity contribution in [2.75, 3.05) is 26.2 Å². The molecule has 0 radical (unpaired) electrons. The fourth-order valence-electron chi connectivity index (χ4n) is 5.04. The highest BCUT2D eigenvalue weighted by molar-refractivity contribution is 5.76. The normalized spacial score (nSPS) is 32.1. The summed E-state index contributed by atoms with van der Waals surface area (Å²) in [5.74, 6) is 2.27. The van der Waals surface area contributed by atoms with E-state index < -0.39 is 5.67 Å². The van der Waals surface area contributed by atoms with Crippen molar-refractivity contribution in [2.45, 2.75) is 77.8 Å². The van der Waals surface area contributed by atoms with Crippen molar-refractivity contribution in [1.29, 1.82) is 0 Å². The predicted octanol–water partition coefficient (Wildman–Crippen LogP) is 4.17.